The molecular formula is C19H28N4O2S. The quantitative estimate of drug-likeness (QED) is 0.752. The second kappa shape index (κ2) is 8.41. The summed E-state index contributed by atoms with van der Waals surface area (Å²) in [6, 6.07) is 8.09. The second-order valence-electron chi connectivity index (χ2n) is 7.10. The van der Waals surface area contributed by atoms with Crippen LogP contribution in [0.1, 0.15) is 20.8 Å². The Balaban J connectivity index is 1.54. The molecule has 0 atom stereocenters. The topological polar surface area (TPSA) is 59.4 Å². The zero-order valence-electron chi connectivity index (χ0n) is 15.8. The SMILES string of the molecule is CCn1c(SCC(=O)NCC(C)(C)N2CCOCC2)nc2ccccc21. The van der Waals surface area contributed by atoms with Crippen LogP contribution in [0.3, 0.4) is 0 Å². The fraction of sp³-hybridized carbons (Fsp3) is 0.579. The summed E-state index contributed by atoms with van der Waals surface area (Å²) in [6.07, 6.45) is 0. The molecule has 26 heavy (non-hydrogen) atoms. The van der Waals surface area contributed by atoms with Crippen LogP contribution in [-0.2, 0) is 16.1 Å². The van der Waals surface area contributed by atoms with Gasteiger partial charge in [-0.15, -0.1) is 0 Å². The number of para-hydroxylation sites is 2. The number of morpholine rings is 1. The first-order chi connectivity index (χ1) is 12.5. The maximum absolute atomic E-state index is 12.3. The van der Waals surface area contributed by atoms with Gasteiger partial charge in [0, 0.05) is 31.7 Å². The molecule has 2 heterocycles. The summed E-state index contributed by atoms with van der Waals surface area (Å²) in [5.41, 5.74) is 2.03. The van der Waals surface area contributed by atoms with E-state index in [1.165, 1.54) is 11.8 Å². The third-order valence-corrected chi connectivity index (χ3v) is 5.83. The Morgan fingerprint density at radius 3 is 2.77 bits per heavy atom. The number of hydrogen-bond donors (Lipinski definition) is 1. The lowest BCUT2D eigenvalue weighted by molar-refractivity contribution is -0.119. The van der Waals surface area contributed by atoms with Gasteiger partial charge in [-0.25, -0.2) is 4.98 Å². The molecular weight excluding hydrogens is 348 g/mol. The van der Waals surface area contributed by atoms with Crippen LogP contribution in [0.25, 0.3) is 11.0 Å². The first-order valence-corrected chi connectivity index (χ1v) is 10.2. The van der Waals surface area contributed by atoms with Crippen LogP contribution < -0.4 is 5.32 Å². The summed E-state index contributed by atoms with van der Waals surface area (Å²) in [7, 11) is 0. The maximum Gasteiger partial charge on any atom is 0.230 e. The van der Waals surface area contributed by atoms with Crippen molar-refractivity contribution < 1.29 is 9.53 Å². The molecule has 7 heteroatoms. The number of amides is 1. The molecule has 1 aliphatic rings. The van der Waals surface area contributed by atoms with Crippen molar-refractivity contribution in [2.24, 2.45) is 0 Å². The molecule has 1 aromatic carbocycles. The average Bonchev–Trinajstić information content (AvgIpc) is 3.03. The molecule has 2 aromatic rings. The number of fused-ring (bicyclic) bond motifs is 1. The van der Waals surface area contributed by atoms with Crippen molar-refractivity contribution in [3.05, 3.63) is 24.3 Å². The van der Waals surface area contributed by atoms with Gasteiger partial charge in [-0.05, 0) is 32.9 Å². The van der Waals surface area contributed by atoms with Crippen LogP contribution in [0.2, 0.25) is 0 Å². The number of benzene rings is 1. The number of aromatic nitrogens is 2. The van der Waals surface area contributed by atoms with Crippen LogP contribution >= 0.6 is 11.8 Å². The molecule has 142 valence electrons. The predicted octanol–water partition coefficient (Wildman–Crippen LogP) is 2.38. The Bertz CT molecular complexity index is 753. The van der Waals surface area contributed by atoms with Gasteiger partial charge in [0.25, 0.3) is 0 Å². The largest absolute Gasteiger partial charge is 0.379 e. The zero-order chi connectivity index (χ0) is 18.6. The van der Waals surface area contributed by atoms with Gasteiger partial charge in [-0.3, -0.25) is 9.69 Å². The number of hydrogen-bond acceptors (Lipinski definition) is 5. The minimum absolute atomic E-state index is 0.0473. The van der Waals surface area contributed by atoms with Crippen LogP contribution in [0.15, 0.2) is 29.4 Å². The highest BCUT2D eigenvalue weighted by atomic mass is 32.2. The molecule has 1 fully saturated rings. The number of nitrogens with one attached hydrogen (secondary N) is 1. The standard InChI is InChI=1S/C19H28N4O2S/c1-4-23-16-8-6-5-7-15(16)21-18(23)26-13-17(24)20-14-19(2,3)22-9-11-25-12-10-22/h5-8H,4,9-14H2,1-3H3,(H,20,24). The number of nitrogens with zero attached hydrogens (tertiary/aromatic N) is 3. The van der Waals surface area contributed by atoms with Crippen molar-refractivity contribution >= 4 is 28.7 Å². The fourth-order valence-corrected chi connectivity index (χ4v) is 4.15. The Hall–Kier alpha value is -1.57. The molecule has 6 nitrogen and oxygen atoms in total. The van der Waals surface area contributed by atoms with Crippen molar-refractivity contribution in [1.29, 1.82) is 0 Å². The number of thioether (sulfide) groups is 1. The number of ether oxygens (including phenoxy) is 1. The molecule has 1 aromatic heterocycles. The zero-order valence-corrected chi connectivity index (χ0v) is 16.6. The summed E-state index contributed by atoms with van der Waals surface area (Å²) in [5.74, 6) is 0.425. The molecule has 0 unspecified atom stereocenters. The Morgan fingerprint density at radius 1 is 1.31 bits per heavy atom. The van der Waals surface area contributed by atoms with Crippen LogP contribution in [0, 0.1) is 0 Å². The molecule has 0 saturated carbocycles. The van der Waals surface area contributed by atoms with Crippen molar-refractivity contribution in [3.63, 3.8) is 0 Å². The van der Waals surface area contributed by atoms with Gasteiger partial charge in [0.2, 0.25) is 5.91 Å². The van der Waals surface area contributed by atoms with E-state index in [2.05, 4.69) is 46.6 Å². The first kappa shape index (κ1) is 19.2. The molecule has 0 radical (unpaired) electrons. The van der Waals surface area contributed by atoms with Crippen molar-refractivity contribution in [3.8, 4) is 0 Å². The van der Waals surface area contributed by atoms with Crippen LogP contribution in [0.5, 0.6) is 0 Å². The summed E-state index contributed by atoms with van der Waals surface area (Å²) in [6.45, 7) is 11.3. The monoisotopic (exact) mass is 376 g/mol. The maximum atomic E-state index is 12.3. The highest BCUT2D eigenvalue weighted by Crippen LogP contribution is 2.24. The van der Waals surface area contributed by atoms with Gasteiger partial charge in [0.1, 0.15) is 0 Å². The van der Waals surface area contributed by atoms with Crippen molar-refractivity contribution in [1.82, 2.24) is 19.8 Å². The minimum atomic E-state index is -0.0688. The fourth-order valence-electron chi connectivity index (χ4n) is 3.25. The molecule has 3 rings (SSSR count). The number of imidazole rings is 1. The van der Waals surface area contributed by atoms with E-state index in [1.54, 1.807) is 0 Å². The van der Waals surface area contributed by atoms with E-state index in [0.717, 1.165) is 49.0 Å². The van der Waals surface area contributed by atoms with Crippen LogP contribution in [0.4, 0.5) is 0 Å². The lowest BCUT2D eigenvalue weighted by Crippen LogP contribution is -2.55. The predicted molar refractivity (Wildman–Crippen MR) is 106 cm³/mol. The number of carbonyl (C=O) groups is 1. The minimum Gasteiger partial charge on any atom is -0.379 e. The summed E-state index contributed by atoms with van der Waals surface area (Å²) in [5, 5.41) is 3.98. The van der Waals surface area contributed by atoms with Gasteiger partial charge < -0.3 is 14.6 Å². The Labute approximate surface area is 159 Å². The highest BCUT2D eigenvalue weighted by molar-refractivity contribution is 7.99. The number of carbonyl (C=O) groups excluding carboxylic acids is 1. The van der Waals surface area contributed by atoms with Gasteiger partial charge in [0.05, 0.1) is 30.0 Å². The molecule has 1 amide bonds. The Morgan fingerprint density at radius 2 is 2.04 bits per heavy atom. The van der Waals surface area contributed by atoms with Crippen molar-refractivity contribution in [2.45, 2.75) is 38.0 Å². The van der Waals surface area contributed by atoms with E-state index >= 15 is 0 Å². The first-order valence-electron chi connectivity index (χ1n) is 9.19. The summed E-state index contributed by atoms with van der Waals surface area (Å²) in [4.78, 5) is 19.4. The Kier molecular flexibility index (Phi) is 6.21. The molecule has 0 aliphatic carbocycles. The number of aryl methyl sites for hydroxylation is 1. The summed E-state index contributed by atoms with van der Waals surface area (Å²) < 4.78 is 7.57. The van der Waals surface area contributed by atoms with E-state index < -0.39 is 0 Å². The van der Waals surface area contributed by atoms with E-state index in [4.69, 9.17) is 4.74 Å². The van der Waals surface area contributed by atoms with E-state index in [-0.39, 0.29) is 11.4 Å². The average molecular weight is 377 g/mol. The van der Waals surface area contributed by atoms with Gasteiger partial charge in [-0.1, -0.05) is 23.9 Å². The molecule has 1 aliphatic heterocycles. The normalized spacial score (nSPS) is 16.1. The molecule has 0 spiro atoms. The van der Waals surface area contributed by atoms with E-state index in [9.17, 15) is 4.79 Å². The van der Waals surface area contributed by atoms with Crippen molar-refractivity contribution in [2.75, 3.05) is 38.6 Å². The van der Waals surface area contributed by atoms with E-state index in [0.29, 0.717) is 12.3 Å². The second-order valence-corrected chi connectivity index (χ2v) is 8.05. The lowest BCUT2D eigenvalue weighted by atomic mass is 10.0. The van der Waals surface area contributed by atoms with Gasteiger partial charge >= 0.3 is 0 Å². The van der Waals surface area contributed by atoms with E-state index in [1.807, 2.05) is 18.2 Å². The number of rotatable bonds is 7. The van der Waals surface area contributed by atoms with Gasteiger partial charge in [0.15, 0.2) is 5.16 Å². The lowest BCUT2D eigenvalue weighted by Gasteiger charge is -2.40. The van der Waals surface area contributed by atoms with Gasteiger partial charge in [-0.2, -0.15) is 0 Å². The highest BCUT2D eigenvalue weighted by Gasteiger charge is 2.28. The smallest absolute Gasteiger partial charge is 0.230 e. The third-order valence-electron chi connectivity index (χ3n) is 4.85. The third kappa shape index (κ3) is 4.39. The molecule has 0 bridgehead atoms. The van der Waals surface area contributed by atoms with Crippen LogP contribution in [-0.4, -0.2) is 64.5 Å². The molecule has 1 saturated heterocycles. The molecule has 1 N–H and O–H groups in total. The summed E-state index contributed by atoms with van der Waals surface area (Å²) >= 11 is 1.50.